The van der Waals surface area contributed by atoms with Crippen LogP contribution in [-0.2, 0) is 16.0 Å². The Hall–Kier alpha value is -1.75. The predicted molar refractivity (Wildman–Crippen MR) is 65.4 cm³/mol. The third-order valence-corrected chi connectivity index (χ3v) is 3.12. The predicted octanol–water partition coefficient (Wildman–Crippen LogP) is 2.27. The Kier molecular flexibility index (Phi) is 3.72. The van der Waals surface area contributed by atoms with Gasteiger partial charge in [-0.3, -0.25) is 14.9 Å². The fourth-order valence-electron chi connectivity index (χ4n) is 2.09. The molecular formula is C13H15NO4. The summed E-state index contributed by atoms with van der Waals surface area (Å²) in [6.07, 6.45) is 1.80. The summed E-state index contributed by atoms with van der Waals surface area (Å²) in [6, 6.07) is 6.07. The van der Waals surface area contributed by atoms with Crippen LogP contribution in [0.3, 0.4) is 0 Å². The number of ketones is 1. The zero-order valence-electron chi connectivity index (χ0n) is 10.2. The summed E-state index contributed by atoms with van der Waals surface area (Å²) >= 11 is 0. The number of carbonyl (C=O) groups is 1. The van der Waals surface area contributed by atoms with Gasteiger partial charge in [-0.15, -0.1) is 0 Å². The van der Waals surface area contributed by atoms with Crippen LogP contribution in [0.4, 0.5) is 5.69 Å². The minimum absolute atomic E-state index is 0.0388. The summed E-state index contributed by atoms with van der Waals surface area (Å²) in [5.74, 6) is 0.0493. The zero-order chi connectivity index (χ0) is 13.1. The molecule has 0 bridgehead atoms. The van der Waals surface area contributed by atoms with Crippen molar-refractivity contribution < 1.29 is 14.5 Å². The standard InChI is InChI=1S/C13H15NO4/c1-9-2-7-13(18-9)12(15)8-10-3-5-11(6-4-10)14(16)17/h3-6,9,13H,2,7-8H2,1H3. The summed E-state index contributed by atoms with van der Waals surface area (Å²) in [4.78, 5) is 22.0. The van der Waals surface area contributed by atoms with Crippen LogP contribution in [0.1, 0.15) is 25.3 Å². The van der Waals surface area contributed by atoms with Gasteiger partial charge in [0, 0.05) is 18.6 Å². The van der Waals surface area contributed by atoms with Gasteiger partial charge in [0.2, 0.25) is 0 Å². The smallest absolute Gasteiger partial charge is 0.269 e. The van der Waals surface area contributed by atoms with E-state index in [1.54, 1.807) is 12.1 Å². The number of hydrogen-bond acceptors (Lipinski definition) is 4. The molecule has 2 atom stereocenters. The Morgan fingerprint density at radius 3 is 2.56 bits per heavy atom. The molecular weight excluding hydrogens is 234 g/mol. The molecule has 1 aliphatic rings. The van der Waals surface area contributed by atoms with E-state index >= 15 is 0 Å². The van der Waals surface area contributed by atoms with E-state index in [1.165, 1.54) is 12.1 Å². The number of hydrogen-bond donors (Lipinski definition) is 0. The molecule has 1 aromatic rings. The number of carbonyl (C=O) groups excluding carboxylic acids is 1. The Balaban J connectivity index is 1.97. The third-order valence-electron chi connectivity index (χ3n) is 3.12. The molecule has 96 valence electrons. The quantitative estimate of drug-likeness (QED) is 0.606. The lowest BCUT2D eigenvalue weighted by Gasteiger charge is -2.09. The van der Waals surface area contributed by atoms with Gasteiger partial charge >= 0.3 is 0 Å². The van der Waals surface area contributed by atoms with Crippen molar-refractivity contribution in [2.75, 3.05) is 0 Å². The molecule has 1 fully saturated rings. The average Bonchev–Trinajstić information content (AvgIpc) is 2.76. The van der Waals surface area contributed by atoms with Crippen LogP contribution in [0.25, 0.3) is 0 Å². The monoisotopic (exact) mass is 249 g/mol. The number of nitro benzene ring substituents is 1. The van der Waals surface area contributed by atoms with Crippen LogP contribution in [0.15, 0.2) is 24.3 Å². The van der Waals surface area contributed by atoms with E-state index in [0.717, 1.165) is 18.4 Å². The van der Waals surface area contributed by atoms with Crippen LogP contribution >= 0.6 is 0 Å². The summed E-state index contributed by atoms with van der Waals surface area (Å²) < 4.78 is 5.50. The van der Waals surface area contributed by atoms with Crippen molar-refractivity contribution in [1.29, 1.82) is 0 Å². The number of Topliss-reactive ketones (excluding diaryl/α,β-unsaturated/α-hetero) is 1. The molecule has 0 amide bonds. The Morgan fingerprint density at radius 2 is 2.06 bits per heavy atom. The lowest BCUT2D eigenvalue weighted by atomic mass is 10.0. The van der Waals surface area contributed by atoms with Crippen molar-refractivity contribution in [3.63, 3.8) is 0 Å². The van der Waals surface area contributed by atoms with E-state index in [-0.39, 0.29) is 30.1 Å². The van der Waals surface area contributed by atoms with Crippen molar-refractivity contribution >= 4 is 11.5 Å². The summed E-state index contributed by atoms with van der Waals surface area (Å²) in [7, 11) is 0. The molecule has 0 radical (unpaired) electrons. The number of benzene rings is 1. The van der Waals surface area contributed by atoms with Crippen LogP contribution < -0.4 is 0 Å². The maximum absolute atomic E-state index is 11.9. The number of ether oxygens (including phenoxy) is 1. The lowest BCUT2D eigenvalue weighted by Crippen LogP contribution is -2.22. The molecule has 2 unspecified atom stereocenters. The second-order valence-corrected chi connectivity index (χ2v) is 4.58. The van der Waals surface area contributed by atoms with E-state index < -0.39 is 4.92 Å². The van der Waals surface area contributed by atoms with Crippen LogP contribution in [0.2, 0.25) is 0 Å². The Bertz CT molecular complexity index is 455. The van der Waals surface area contributed by atoms with Gasteiger partial charge in [0.1, 0.15) is 6.10 Å². The molecule has 0 spiro atoms. The molecule has 1 aromatic carbocycles. The van der Waals surface area contributed by atoms with Crippen LogP contribution in [0.5, 0.6) is 0 Å². The lowest BCUT2D eigenvalue weighted by molar-refractivity contribution is -0.384. The second-order valence-electron chi connectivity index (χ2n) is 4.58. The maximum Gasteiger partial charge on any atom is 0.269 e. The average molecular weight is 249 g/mol. The SMILES string of the molecule is CC1CCC(C(=O)Cc2ccc([N+](=O)[O-])cc2)O1. The first-order chi connectivity index (χ1) is 8.56. The minimum Gasteiger partial charge on any atom is -0.367 e. The van der Waals surface area contributed by atoms with E-state index in [2.05, 4.69) is 0 Å². The number of non-ortho nitro benzene ring substituents is 1. The zero-order valence-corrected chi connectivity index (χ0v) is 10.2. The summed E-state index contributed by atoms with van der Waals surface area (Å²) in [5.41, 5.74) is 0.825. The molecule has 5 nitrogen and oxygen atoms in total. The van der Waals surface area contributed by atoms with Gasteiger partial charge in [-0.05, 0) is 25.3 Å². The fourth-order valence-corrected chi connectivity index (χ4v) is 2.09. The molecule has 0 N–H and O–H groups in total. The maximum atomic E-state index is 11.9. The van der Waals surface area contributed by atoms with Gasteiger partial charge in [0.05, 0.1) is 11.0 Å². The van der Waals surface area contributed by atoms with Gasteiger partial charge in [-0.1, -0.05) is 12.1 Å². The summed E-state index contributed by atoms with van der Waals surface area (Å²) in [5, 5.41) is 10.5. The third kappa shape index (κ3) is 2.92. The minimum atomic E-state index is -0.451. The van der Waals surface area contributed by atoms with E-state index in [9.17, 15) is 14.9 Å². The normalized spacial score (nSPS) is 22.9. The first-order valence-corrected chi connectivity index (χ1v) is 5.98. The molecule has 2 rings (SSSR count). The van der Waals surface area contributed by atoms with Crippen molar-refractivity contribution in [2.24, 2.45) is 0 Å². The van der Waals surface area contributed by atoms with Crippen LogP contribution in [-0.4, -0.2) is 22.9 Å². The van der Waals surface area contributed by atoms with Gasteiger partial charge in [0.25, 0.3) is 5.69 Å². The Morgan fingerprint density at radius 1 is 1.39 bits per heavy atom. The highest BCUT2D eigenvalue weighted by atomic mass is 16.6. The van der Waals surface area contributed by atoms with Gasteiger partial charge in [-0.2, -0.15) is 0 Å². The van der Waals surface area contributed by atoms with Crippen LogP contribution in [0, 0.1) is 10.1 Å². The topological polar surface area (TPSA) is 69.4 Å². The molecule has 1 saturated heterocycles. The molecule has 0 aromatic heterocycles. The van der Waals surface area contributed by atoms with Crippen molar-refractivity contribution in [3.05, 3.63) is 39.9 Å². The highest BCUT2D eigenvalue weighted by molar-refractivity contribution is 5.85. The first kappa shape index (κ1) is 12.7. The fraction of sp³-hybridized carbons (Fsp3) is 0.462. The van der Waals surface area contributed by atoms with Crippen molar-refractivity contribution in [1.82, 2.24) is 0 Å². The number of rotatable bonds is 4. The Labute approximate surface area is 105 Å². The molecule has 0 saturated carbocycles. The highest BCUT2D eigenvalue weighted by Crippen LogP contribution is 2.21. The van der Waals surface area contributed by atoms with Gasteiger partial charge < -0.3 is 4.74 Å². The van der Waals surface area contributed by atoms with E-state index in [4.69, 9.17) is 4.74 Å². The number of nitro groups is 1. The number of nitrogens with zero attached hydrogens (tertiary/aromatic N) is 1. The van der Waals surface area contributed by atoms with E-state index in [1.807, 2.05) is 6.92 Å². The van der Waals surface area contributed by atoms with Crippen molar-refractivity contribution in [3.8, 4) is 0 Å². The molecule has 5 heteroatoms. The second kappa shape index (κ2) is 5.27. The molecule has 1 aliphatic heterocycles. The summed E-state index contributed by atoms with van der Waals surface area (Å²) in [6.45, 7) is 1.96. The largest absolute Gasteiger partial charge is 0.367 e. The van der Waals surface area contributed by atoms with Gasteiger partial charge in [0.15, 0.2) is 5.78 Å². The highest BCUT2D eigenvalue weighted by Gasteiger charge is 2.27. The first-order valence-electron chi connectivity index (χ1n) is 5.98. The van der Waals surface area contributed by atoms with Crippen molar-refractivity contribution in [2.45, 2.75) is 38.4 Å². The van der Waals surface area contributed by atoms with Gasteiger partial charge in [-0.25, -0.2) is 0 Å². The van der Waals surface area contributed by atoms with E-state index in [0.29, 0.717) is 0 Å². The molecule has 18 heavy (non-hydrogen) atoms. The molecule has 1 heterocycles. The molecule has 0 aliphatic carbocycles.